The predicted molar refractivity (Wildman–Crippen MR) is 93.6 cm³/mol. The zero-order chi connectivity index (χ0) is 16.5. The Morgan fingerprint density at radius 1 is 1.35 bits per heavy atom. The van der Waals surface area contributed by atoms with Crippen LogP contribution in [0.1, 0.15) is 51.5 Å². The number of hydrogen-bond donors (Lipinski definition) is 2. The molecule has 2 N–H and O–H groups in total. The molecule has 6 heteroatoms. The second-order valence-corrected chi connectivity index (χ2v) is 6.09. The number of hydrogen-bond acceptors (Lipinski definition) is 4. The maximum Gasteiger partial charge on any atom is 0.191 e. The first-order valence-corrected chi connectivity index (χ1v) is 8.96. The monoisotopic (exact) mass is 321 g/mol. The van der Waals surface area contributed by atoms with Crippen LogP contribution in [0.5, 0.6) is 0 Å². The zero-order valence-electron chi connectivity index (χ0n) is 14.8. The van der Waals surface area contributed by atoms with Gasteiger partial charge in [-0.05, 0) is 39.2 Å². The van der Waals surface area contributed by atoms with Crippen LogP contribution in [0.3, 0.4) is 0 Å². The fourth-order valence-corrected chi connectivity index (χ4v) is 2.88. The van der Waals surface area contributed by atoms with Crippen molar-refractivity contribution in [2.45, 2.75) is 59.0 Å². The minimum atomic E-state index is 0.502. The van der Waals surface area contributed by atoms with Crippen LogP contribution in [-0.4, -0.2) is 48.2 Å². The molecule has 1 saturated heterocycles. The molecule has 0 aromatic carbocycles. The van der Waals surface area contributed by atoms with E-state index in [-0.39, 0.29) is 0 Å². The number of nitrogens with zero attached hydrogens (tertiary/aromatic N) is 3. The van der Waals surface area contributed by atoms with Crippen LogP contribution >= 0.6 is 0 Å². The largest absolute Gasteiger partial charge is 0.359 e. The molecule has 1 fully saturated rings. The average Bonchev–Trinajstić information content (AvgIpc) is 3.03. The number of aromatic nitrogens is 1. The van der Waals surface area contributed by atoms with Crippen molar-refractivity contribution in [3.8, 4) is 0 Å². The van der Waals surface area contributed by atoms with Gasteiger partial charge in [-0.2, -0.15) is 0 Å². The average molecular weight is 321 g/mol. The second kappa shape index (κ2) is 9.55. The Morgan fingerprint density at radius 3 is 2.74 bits per heavy atom. The fourth-order valence-electron chi connectivity index (χ4n) is 2.88. The molecule has 0 radical (unpaired) electrons. The van der Waals surface area contributed by atoms with Gasteiger partial charge in [0.2, 0.25) is 0 Å². The van der Waals surface area contributed by atoms with E-state index in [9.17, 15) is 0 Å². The van der Waals surface area contributed by atoms with E-state index in [2.05, 4.69) is 46.5 Å². The van der Waals surface area contributed by atoms with Crippen LogP contribution < -0.4 is 10.6 Å². The SMILES string of the molecule is CCCN1CCC(NC(=NCc2cc(CC)no2)NCC)CC1. The summed E-state index contributed by atoms with van der Waals surface area (Å²) in [6, 6.07) is 2.48. The summed E-state index contributed by atoms with van der Waals surface area (Å²) in [7, 11) is 0. The summed E-state index contributed by atoms with van der Waals surface area (Å²) in [5, 5.41) is 10.9. The highest BCUT2D eigenvalue weighted by Gasteiger charge is 2.19. The van der Waals surface area contributed by atoms with Gasteiger partial charge in [-0.15, -0.1) is 0 Å². The predicted octanol–water partition coefficient (Wildman–Crippen LogP) is 2.17. The van der Waals surface area contributed by atoms with Crippen LogP contribution in [0.15, 0.2) is 15.6 Å². The fraction of sp³-hybridized carbons (Fsp3) is 0.765. The number of guanidine groups is 1. The van der Waals surface area contributed by atoms with E-state index in [0.29, 0.717) is 12.6 Å². The Balaban J connectivity index is 1.84. The summed E-state index contributed by atoms with van der Waals surface area (Å²) in [6.07, 6.45) is 4.47. The molecule has 0 saturated carbocycles. The third-order valence-electron chi connectivity index (χ3n) is 4.18. The van der Waals surface area contributed by atoms with E-state index < -0.39 is 0 Å². The Bertz CT molecular complexity index is 477. The van der Waals surface area contributed by atoms with E-state index in [1.165, 1.54) is 38.9 Å². The standard InChI is InChI=1S/C17H31N5O/c1-4-9-22-10-7-15(8-11-22)20-17(18-6-3)19-13-16-12-14(5-2)21-23-16/h12,15H,4-11,13H2,1-3H3,(H2,18,19,20). The summed E-state index contributed by atoms with van der Waals surface area (Å²) >= 11 is 0. The van der Waals surface area contributed by atoms with Crippen molar-refractivity contribution in [1.82, 2.24) is 20.7 Å². The van der Waals surface area contributed by atoms with E-state index in [0.717, 1.165) is 30.4 Å². The molecular weight excluding hydrogens is 290 g/mol. The Hall–Kier alpha value is -1.56. The van der Waals surface area contributed by atoms with Crippen molar-refractivity contribution in [1.29, 1.82) is 0 Å². The van der Waals surface area contributed by atoms with Gasteiger partial charge in [-0.1, -0.05) is 19.0 Å². The number of rotatable bonds is 7. The summed E-state index contributed by atoms with van der Waals surface area (Å²) < 4.78 is 5.30. The van der Waals surface area contributed by atoms with E-state index in [4.69, 9.17) is 4.52 Å². The molecule has 0 aliphatic carbocycles. The van der Waals surface area contributed by atoms with Crippen LogP contribution in [0.4, 0.5) is 0 Å². The van der Waals surface area contributed by atoms with E-state index in [1.807, 2.05) is 6.07 Å². The maximum absolute atomic E-state index is 5.30. The molecule has 2 rings (SSSR count). The number of aryl methyl sites for hydroxylation is 1. The van der Waals surface area contributed by atoms with Gasteiger partial charge in [0.05, 0.1) is 5.69 Å². The topological polar surface area (TPSA) is 65.7 Å². The molecule has 6 nitrogen and oxygen atoms in total. The minimum Gasteiger partial charge on any atom is -0.359 e. The Morgan fingerprint density at radius 2 is 2.13 bits per heavy atom. The molecule has 1 aromatic heterocycles. The maximum atomic E-state index is 5.30. The summed E-state index contributed by atoms with van der Waals surface area (Å²) in [6.45, 7) is 11.3. The van der Waals surface area contributed by atoms with Gasteiger partial charge < -0.3 is 20.1 Å². The van der Waals surface area contributed by atoms with Gasteiger partial charge in [0.25, 0.3) is 0 Å². The summed E-state index contributed by atoms with van der Waals surface area (Å²) in [4.78, 5) is 7.17. The molecule has 0 atom stereocenters. The first-order valence-electron chi connectivity index (χ1n) is 8.96. The molecule has 0 unspecified atom stereocenters. The van der Waals surface area contributed by atoms with Gasteiger partial charge in [0.1, 0.15) is 6.54 Å². The first kappa shape index (κ1) is 17.8. The van der Waals surface area contributed by atoms with Gasteiger partial charge in [-0.25, -0.2) is 4.99 Å². The third-order valence-corrected chi connectivity index (χ3v) is 4.18. The Labute approximate surface area is 139 Å². The highest BCUT2D eigenvalue weighted by molar-refractivity contribution is 5.80. The molecular formula is C17H31N5O. The molecule has 1 aliphatic rings. The molecule has 0 amide bonds. The second-order valence-electron chi connectivity index (χ2n) is 6.09. The number of piperidine rings is 1. The van der Waals surface area contributed by atoms with Gasteiger partial charge in [0, 0.05) is 31.7 Å². The quantitative estimate of drug-likeness (QED) is 0.595. The summed E-state index contributed by atoms with van der Waals surface area (Å²) in [5.41, 5.74) is 0.983. The van der Waals surface area contributed by atoms with Crippen molar-refractivity contribution >= 4 is 5.96 Å². The molecule has 2 heterocycles. The Kier molecular flexibility index (Phi) is 7.39. The molecule has 130 valence electrons. The smallest absolute Gasteiger partial charge is 0.191 e. The van der Waals surface area contributed by atoms with Crippen LogP contribution in [0.2, 0.25) is 0 Å². The van der Waals surface area contributed by atoms with Crippen LogP contribution in [-0.2, 0) is 13.0 Å². The third kappa shape index (κ3) is 5.86. The van der Waals surface area contributed by atoms with Gasteiger partial charge >= 0.3 is 0 Å². The molecule has 1 aromatic rings. The van der Waals surface area contributed by atoms with Crippen molar-refractivity contribution in [3.05, 3.63) is 17.5 Å². The molecule has 0 spiro atoms. The molecule has 1 aliphatic heterocycles. The number of likely N-dealkylation sites (tertiary alicyclic amines) is 1. The number of nitrogens with one attached hydrogen (secondary N) is 2. The van der Waals surface area contributed by atoms with Crippen LogP contribution in [0, 0.1) is 0 Å². The lowest BCUT2D eigenvalue weighted by Crippen LogP contribution is -2.48. The van der Waals surface area contributed by atoms with E-state index in [1.54, 1.807) is 0 Å². The lowest BCUT2D eigenvalue weighted by Gasteiger charge is -2.32. The minimum absolute atomic E-state index is 0.502. The lowest BCUT2D eigenvalue weighted by atomic mass is 10.1. The zero-order valence-corrected chi connectivity index (χ0v) is 14.8. The molecule has 0 bridgehead atoms. The van der Waals surface area contributed by atoms with E-state index >= 15 is 0 Å². The van der Waals surface area contributed by atoms with Gasteiger partial charge in [0.15, 0.2) is 11.7 Å². The summed E-state index contributed by atoms with van der Waals surface area (Å²) in [5.74, 6) is 1.69. The van der Waals surface area contributed by atoms with Crippen LogP contribution in [0.25, 0.3) is 0 Å². The first-order chi connectivity index (χ1) is 11.2. The van der Waals surface area contributed by atoms with Crippen molar-refractivity contribution in [2.75, 3.05) is 26.2 Å². The van der Waals surface area contributed by atoms with Crippen molar-refractivity contribution in [2.24, 2.45) is 4.99 Å². The van der Waals surface area contributed by atoms with Gasteiger partial charge in [-0.3, -0.25) is 0 Å². The highest BCUT2D eigenvalue weighted by atomic mass is 16.5. The lowest BCUT2D eigenvalue weighted by molar-refractivity contribution is 0.206. The normalized spacial score (nSPS) is 17.4. The van der Waals surface area contributed by atoms with Crippen molar-refractivity contribution < 1.29 is 4.52 Å². The van der Waals surface area contributed by atoms with Crippen molar-refractivity contribution in [3.63, 3.8) is 0 Å². The number of aliphatic imine (C=N–C) groups is 1. The molecule has 23 heavy (non-hydrogen) atoms. The highest BCUT2D eigenvalue weighted by Crippen LogP contribution is 2.11.